The van der Waals surface area contributed by atoms with Crippen LogP contribution >= 0.6 is 11.6 Å². The number of carbonyl (C=O) groups is 1. The van der Waals surface area contributed by atoms with Crippen LogP contribution in [0.4, 0.5) is 0 Å². The summed E-state index contributed by atoms with van der Waals surface area (Å²) in [5.74, 6) is -0.506. The zero-order valence-corrected chi connectivity index (χ0v) is 15.6. The van der Waals surface area contributed by atoms with Gasteiger partial charge in [0.05, 0.1) is 30.2 Å². The number of benzene rings is 2. The molecule has 0 aliphatic carbocycles. The van der Waals surface area contributed by atoms with E-state index in [1.54, 1.807) is 47.4 Å². The molecule has 1 amide bonds. The Morgan fingerprint density at radius 3 is 2.79 bits per heavy atom. The number of hydrogen-bond acceptors (Lipinski definition) is 5. The molecule has 2 heterocycles. The SMILES string of the molecule is O=C(c1nc2ccccc2c(=O)[nH]1)N1CCO[C@@H](CO)[C@@H]1c1ccccc1Cl. The summed E-state index contributed by atoms with van der Waals surface area (Å²) in [6.45, 7) is 0.263. The van der Waals surface area contributed by atoms with Crippen molar-refractivity contribution in [1.82, 2.24) is 14.9 Å². The Kier molecular flexibility index (Phi) is 5.13. The number of morpholine rings is 1. The van der Waals surface area contributed by atoms with Gasteiger partial charge in [-0.2, -0.15) is 0 Å². The van der Waals surface area contributed by atoms with Gasteiger partial charge in [-0.3, -0.25) is 9.59 Å². The maximum absolute atomic E-state index is 13.3. The second-order valence-electron chi connectivity index (χ2n) is 6.49. The van der Waals surface area contributed by atoms with Gasteiger partial charge in [0, 0.05) is 11.6 Å². The second kappa shape index (κ2) is 7.71. The molecule has 1 fully saturated rings. The summed E-state index contributed by atoms with van der Waals surface area (Å²) in [4.78, 5) is 34.1. The van der Waals surface area contributed by atoms with Crippen LogP contribution in [0.2, 0.25) is 5.02 Å². The first-order chi connectivity index (χ1) is 13.6. The van der Waals surface area contributed by atoms with E-state index in [0.717, 1.165) is 0 Å². The minimum atomic E-state index is -0.634. The third-order valence-corrected chi connectivity index (χ3v) is 5.18. The van der Waals surface area contributed by atoms with Crippen LogP contribution in [-0.4, -0.2) is 51.7 Å². The van der Waals surface area contributed by atoms with Gasteiger partial charge in [-0.1, -0.05) is 41.9 Å². The highest BCUT2D eigenvalue weighted by atomic mass is 35.5. The fourth-order valence-electron chi connectivity index (χ4n) is 3.52. The number of rotatable bonds is 3. The number of aliphatic hydroxyl groups excluding tert-OH is 1. The first-order valence-electron chi connectivity index (χ1n) is 8.87. The molecule has 7 nitrogen and oxygen atoms in total. The number of aromatic amines is 1. The first kappa shape index (κ1) is 18.6. The minimum Gasteiger partial charge on any atom is -0.394 e. The van der Waals surface area contributed by atoms with E-state index in [-0.39, 0.29) is 31.1 Å². The lowest BCUT2D eigenvalue weighted by Gasteiger charge is -2.40. The van der Waals surface area contributed by atoms with Gasteiger partial charge in [0.15, 0.2) is 5.82 Å². The van der Waals surface area contributed by atoms with Crippen molar-refractivity contribution in [3.63, 3.8) is 0 Å². The van der Waals surface area contributed by atoms with Crippen LogP contribution < -0.4 is 5.56 Å². The largest absolute Gasteiger partial charge is 0.394 e. The maximum Gasteiger partial charge on any atom is 0.290 e. The van der Waals surface area contributed by atoms with Crippen molar-refractivity contribution >= 4 is 28.4 Å². The summed E-state index contributed by atoms with van der Waals surface area (Å²) < 4.78 is 5.66. The standard InChI is InChI=1S/C20H18ClN3O4/c21-14-7-3-1-5-12(14)17-16(11-25)28-10-9-24(17)20(27)18-22-15-8-4-2-6-13(15)19(26)23-18/h1-8,16-17,25H,9-11H2,(H,22,23,26)/t16-,17-/m0/s1. The summed E-state index contributed by atoms with van der Waals surface area (Å²) in [7, 11) is 0. The lowest BCUT2D eigenvalue weighted by atomic mass is 9.98. The van der Waals surface area contributed by atoms with Gasteiger partial charge in [-0.15, -0.1) is 0 Å². The highest BCUT2D eigenvalue weighted by molar-refractivity contribution is 6.31. The lowest BCUT2D eigenvalue weighted by Crippen LogP contribution is -2.50. The number of amides is 1. The van der Waals surface area contributed by atoms with Crippen molar-refractivity contribution < 1.29 is 14.6 Å². The van der Waals surface area contributed by atoms with Gasteiger partial charge in [-0.25, -0.2) is 4.98 Å². The van der Waals surface area contributed by atoms with Crippen molar-refractivity contribution in [1.29, 1.82) is 0 Å². The fraction of sp³-hybridized carbons (Fsp3) is 0.250. The molecule has 1 aliphatic heterocycles. The molecule has 8 heteroatoms. The molecule has 1 aliphatic rings. The molecule has 0 spiro atoms. The molecule has 1 saturated heterocycles. The summed E-state index contributed by atoms with van der Waals surface area (Å²) in [5, 5.41) is 10.7. The monoisotopic (exact) mass is 399 g/mol. The highest BCUT2D eigenvalue weighted by Gasteiger charge is 2.38. The molecule has 2 atom stereocenters. The average molecular weight is 400 g/mol. The van der Waals surface area contributed by atoms with E-state index in [1.807, 2.05) is 6.07 Å². The highest BCUT2D eigenvalue weighted by Crippen LogP contribution is 2.34. The number of ether oxygens (including phenoxy) is 1. The maximum atomic E-state index is 13.3. The Balaban J connectivity index is 1.78. The first-order valence-corrected chi connectivity index (χ1v) is 9.25. The number of carbonyl (C=O) groups excluding carboxylic acids is 1. The number of aromatic nitrogens is 2. The van der Waals surface area contributed by atoms with E-state index in [1.165, 1.54) is 0 Å². The zero-order valence-electron chi connectivity index (χ0n) is 14.8. The fourth-order valence-corrected chi connectivity index (χ4v) is 3.77. The number of para-hydroxylation sites is 1. The summed E-state index contributed by atoms with van der Waals surface area (Å²) >= 11 is 6.35. The third-order valence-electron chi connectivity index (χ3n) is 4.83. The zero-order chi connectivity index (χ0) is 19.7. The van der Waals surface area contributed by atoms with Crippen molar-refractivity contribution in [3.8, 4) is 0 Å². The number of hydrogen-bond donors (Lipinski definition) is 2. The third kappa shape index (κ3) is 3.28. The molecule has 0 bridgehead atoms. The van der Waals surface area contributed by atoms with Gasteiger partial charge < -0.3 is 19.7 Å². The van der Waals surface area contributed by atoms with Crippen molar-refractivity contribution in [3.05, 3.63) is 75.3 Å². The number of aliphatic hydroxyl groups is 1. The van der Waals surface area contributed by atoms with E-state index in [0.29, 0.717) is 21.5 Å². The molecule has 1 aromatic heterocycles. The normalized spacial score (nSPS) is 19.7. The van der Waals surface area contributed by atoms with Gasteiger partial charge in [0.25, 0.3) is 11.5 Å². The Bertz CT molecular complexity index is 1080. The van der Waals surface area contributed by atoms with Gasteiger partial charge in [0.2, 0.25) is 0 Å². The molecule has 0 saturated carbocycles. The second-order valence-corrected chi connectivity index (χ2v) is 6.90. The molecule has 0 radical (unpaired) electrons. The molecule has 2 N–H and O–H groups in total. The molecule has 144 valence electrons. The van der Waals surface area contributed by atoms with Crippen LogP contribution in [0.25, 0.3) is 10.9 Å². The number of nitrogens with zero attached hydrogens (tertiary/aromatic N) is 2. The van der Waals surface area contributed by atoms with Gasteiger partial charge >= 0.3 is 0 Å². The van der Waals surface area contributed by atoms with Crippen LogP contribution in [-0.2, 0) is 4.74 Å². The van der Waals surface area contributed by atoms with Crippen molar-refractivity contribution in [2.24, 2.45) is 0 Å². The summed E-state index contributed by atoms with van der Waals surface area (Å²) in [6.07, 6.45) is -0.634. The van der Waals surface area contributed by atoms with Crippen LogP contribution in [0.1, 0.15) is 22.2 Å². The van der Waals surface area contributed by atoms with Crippen LogP contribution in [0.5, 0.6) is 0 Å². The molecule has 2 aromatic carbocycles. The van der Waals surface area contributed by atoms with Crippen LogP contribution in [0.15, 0.2) is 53.3 Å². The predicted octanol–water partition coefficient (Wildman–Crippen LogP) is 2.15. The van der Waals surface area contributed by atoms with Gasteiger partial charge in [0.1, 0.15) is 6.10 Å². The molecule has 4 rings (SSSR count). The van der Waals surface area contributed by atoms with Crippen LogP contribution in [0, 0.1) is 0 Å². The average Bonchev–Trinajstić information content (AvgIpc) is 2.73. The van der Waals surface area contributed by atoms with Crippen LogP contribution in [0.3, 0.4) is 0 Å². The predicted molar refractivity (Wildman–Crippen MR) is 104 cm³/mol. The molecular formula is C20H18ClN3O4. The van der Waals surface area contributed by atoms with E-state index >= 15 is 0 Å². The Labute approximate surface area is 165 Å². The molecule has 28 heavy (non-hydrogen) atoms. The molecule has 3 aromatic rings. The number of nitrogens with one attached hydrogen (secondary N) is 1. The van der Waals surface area contributed by atoms with E-state index in [9.17, 15) is 14.7 Å². The van der Waals surface area contributed by atoms with E-state index in [2.05, 4.69) is 9.97 Å². The number of halogens is 1. The summed E-state index contributed by atoms with van der Waals surface area (Å²) in [6, 6.07) is 13.3. The molecule has 0 unspecified atom stereocenters. The number of fused-ring (bicyclic) bond motifs is 1. The quantitative estimate of drug-likeness (QED) is 0.703. The van der Waals surface area contributed by atoms with Gasteiger partial charge in [-0.05, 0) is 23.8 Å². The smallest absolute Gasteiger partial charge is 0.290 e. The Morgan fingerprint density at radius 1 is 1.25 bits per heavy atom. The topological polar surface area (TPSA) is 95.5 Å². The van der Waals surface area contributed by atoms with E-state index < -0.39 is 18.1 Å². The Morgan fingerprint density at radius 2 is 2.00 bits per heavy atom. The lowest BCUT2D eigenvalue weighted by molar-refractivity contribution is -0.0813. The molecular weight excluding hydrogens is 382 g/mol. The Hall–Kier alpha value is -2.74. The van der Waals surface area contributed by atoms with Crippen molar-refractivity contribution in [2.75, 3.05) is 19.8 Å². The minimum absolute atomic E-state index is 0.0562. The van der Waals surface area contributed by atoms with E-state index in [4.69, 9.17) is 16.3 Å². The van der Waals surface area contributed by atoms with Crippen molar-refractivity contribution in [2.45, 2.75) is 12.1 Å². The number of H-pyrrole nitrogens is 1. The summed E-state index contributed by atoms with van der Waals surface area (Å²) in [5.41, 5.74) is 0.727.